The molecule has 0 amide bonds. The number of ether oxygens (including phenoxy) is 1. The Kier molecular flexibility index (Phi) is 1.73. The van der Waals surface area contributed by atoms with Crippen LogP contribution < -0.4 is 0 Å². The van der Waals surface area contributed by atoms with Crippen LogP contribution >= 0.6 is 15.9 Å². The van der Waals surface area contributed by atoms with E-state index in [1.807, 2.05) is 6.08 Å². The maximum atomic E-state index is 5.02. The fraction of sp³-hybridized carbons (Fsp3) is 0.667. The fourth-order valence-corrected chi connectivity index (χ4v) is 1.17. The first-order valence-corrected chi connectivity index (χ1v) is 3.72. The molecule has 0 spiro atoms. The Hall–Kier alpha value is 0.180. The lowest BCUT2D eigenvalue weighted by Gasteiger charge is -2.36. The first kappa shape index (κ1) is 6.30. The molecular formula is C6H9BrO. The molecule has 0 atom stereocenters. The van der Waals surface area contributed by atoms with Gasteiger partial charge in [-0.05, 0) is 0 Å². The third-order valence-corrected chi connectivity index (χ3v) is 2.59. The largest absolute Gasteiger partial charge is 0.379 e. The standard InChI is InChI=1S/C6H9BrO/c1-2-6(3-7)4-8-5-6/h2H,1,3-5H2. The smallest absolute Gasteiger partial charge is 0.0587 e. The zero-order chi connectivity index (χ0) is 6.04. The molecule has 1 fully saturated rings. The molecule has 0 unspecified atom stereocenters. The second-order valence-electron chi connectivity index (χ2n) is 2.19. The second-order valence-corrected chi connectivity index (χ2v) is 2.75. The Bertz CT molecular complexity index is 91.2. The van der Waals surface area contributed by atoms with Crippen molar-refractivity contribution in [1.82, 2.24) is 0 Å². The van der Waals surface area contributed by atoms with E-state index in [9.17, 15) is 0 Å². The van der Waals surface area contributed by atoms with Crippen molar-refractivity contribution in [2.75, 3.05) is 18.5 Å². The van der Waals surface area contributed by atoms with Crippen LogP contribution in [0.1, 0.15) is 0 Å². The molecule has 46 valence electrons. The first-order chi connectivity index (χ1) is 3.83. The van der Waals surface area contributed by atoms with Crippen LogP contribution in [-0.4, -0.2) is 18.5 Å². The number of hydrogen-bond acceptors (Lipinski definition) is 1. The lowest BCUT2D eigenvalue weighted by Crippen LogP contribution is -2.41. The molecule has 0 N–H and O–H groups in total. The van der Waals surface area contributed by atoms with Crippen molar-refractivity contribution in [1.29, 1.82) is 0 Å². The van der Waals surface area contributed by atoms with E-state index in [1.54, 1.807) is 0 Å². The van der Waals surface area contributed by atoms with Crippen molar-refractivity contribution in [3.63, 3.8) is 0 Å². The van der Waals surface area contributed by atoms with Gasteiger partial charge in [-0.15, -0.1) is 6.58 Å². The van der Waals surface area contributed by atoms with E-state index >= 15 is 0 Å². The van der Waals surface area contributed by atoms with Gasteiger partial charge >= 0.3 is 0 Å². The summed E-state index contributed by atoms with van der Waals surface area (Å²) < 4.78 is 5.02. The van der Waals surface area contributed by atoms with Crippen molar-refractivity contribution in [2.24, 2.45) is 5.41 Å². The van der Waals surface area contributed by atoms with E-state index in [-0.39, 0.29) is 5.41 Å². The number of halogens is 1. The van der Waals surface area contributed by atoms with Crippen LogP contribution in [0.2, 0.25) is 0 Å². The van der Waals surface area contributed by atoms with E-state index in [2.05, 4.69) is 22.5 Å². The monoisotopic (exact) mass is 176 g/mol. The number of hydrogen-bond donors (Lipinski definition) is 0. The zero-order valence-electron chi connectivity index (χ0n) is 4.69. The quantitative estimate of drug-likeness (QED) is 0.459. The Balaban J connectivity index is 2.45. The van der Waals surface area contributed by atoms with Crippen molar-refractivity contribution in [3.8, 4) is 0 Å². The topological polar surface area (TPSA) is 9.23 Å². The minimum Gasteiger partial charge on any atom is -0.379 e. The lowest BCUT2D eigenvalue weighted by atomic mass is 9.89. The van der Waals surface area contributed by atoms with E-state index in [0.29, 0.717) is 0 Å². The molecule has 1 saturated heterocycles. The van der Waals surface area contributed by atoms with Crippen LogP contribution in [0.5, 0.6) is 0 Å². The number of alkyl halides is 1. The molecule has 0 aromatic carbocycles. The van der Waals surface area contributed by atoms with Crippen molar-refractivity contribution in [3.05, 3.63) is 12.7 Å². The molecule has 0 radical (unpaired) electrons. The van der Waals surface area contributed by atoms with Gasteiger partial charge in [-0.1, -0.05) is 22.0 Å². The maximum Gasteiger partial charge on any atom is 0.0587 e. The van der Waals surface area contributed by atoms with Crippen LogP contribution in [0.15, 0.2) is 12.7 Å². The van der Waals surface area contributed by atoms with Crippen LogP contribution in [0.3, 0.4) is 0 Å². The van der Waals surface area contributed by atoms with Gasteiger partial charge in [-0.3, -0.25) is 0 Å². The van der Waals surface area contributed by atoms with E-state index in [1.165, 1.54) is 0 Å². The summed E-state index contributed by atoms with van der Waals surface area (Å²) in [6, 6.07) is 0. The molecule has 0 aromatic rings. The first-order valence-electron chi connectivity index (χ1n) is 2.60. The zero-order valence-corrected chi connectivity index (χ0v) is 6.28. The van der Waals surface area contributed by atoms with Gasteiger partial charge < -0.3 is 4.74 Å². The Morgan fingerprint density at radius 2 is 2.38 bits per heavy atom. The van der Waals surface area contributed by atoms with Gasteiger partial charge in [-0.25, -0.2) is 0 Å². The Labute approximate surface area is 57.8 Å². The third kappa shape index (κ3) is 0.825. The second kappa shape index (κ2) is 2.19. The predicted octanol–water partition coefficient (Wildman–Crippen LogP) is 1.58. The van der Waals surface area contributed by atoms with Crippen molar-refractivity contribution >= 4 is 15.9 Å². The molecule has 1 rings (SSSR count). The molecule has 1 heterocycles. The summed E-state index contributed by atoms with van der Waals surface area (Å²) in [5.41, 5.74) is 0.264. The Morgan fingerprint density at radius 1 is 1.75 bits per heavy atom. The van der Waals surface area contributed by atoms with E-state index < -0.39 is 0 Å². The average Bonchev–Trinajstić information content (AvgIpc) is 1.67. The van der Waals surface area contributed by atoms with Crippen LogP contribution in [0.25, 0.3) is 0 Å². The van der Waals surface area contributed by atoms with Crippen molar-refractivity contribution in [2.45, 2.75) is 0 Å². The minimum absolute atomic E-state index is 0.264. The molecule has 0 saturated carbocycles. The molecule has 2 heteroatoms. The Morgan fingerprint density at radius 3 is 2.38 bits per heavy atom. The molecule has 0 bridgehead atoms. The van der Waals surface area contributed by atoms with Crippen LogP contribution in [0, 0.1) is 5.41 Å². The molecule has 1 nitrogen and oxygen atoms in total. The summed E-state index contributed by atoms with van der Waals surface area (Å²) in [6.45, 7) is 5.39. The van der Waals surface area contributed by atoms with Gasteiger partial charge in [0, 0.05) is 10.7 Å². The molecule has 1 aliphatic rings. The summed E-state index contributed by atoms with van der Waals surface area (Å²) in [5, 5.41) is 0.976. The highest BCUT2D eigenvalue weighted by Gasteiger charge is 2.33. The fourth-order valence-electron chi connectivity index (χ4n) is 0.614. The van der Waals surface area contributed by atoms with Gasteiger partial charge in [0.15, 0.2) is 0 Å². The normalized spacial score (nSPS) is 24.1. The van der Waals surface area contributed by atoms with Gasteiger partial charge in [0.2, 0.25) is 0 Å². The summed E-state index contributed by atoms with van der Waals surface area (Å²) in [6.07, 6.45) is 1.96. The van der Waals surface area contributed by atoms with E-state index in [4.69, 9.17) is 4.74 Å². The number of rotatable bonds is 2. The molecular weight excluding hydrogens is 168 g/mol. The molecule has 0 aliphatic carbocycles. The van der Waals surface area contributed by atoms with Gasteiger partial charge in [-0.2, -0.15) is 0 Å². The highest BCUT2D eigenvalue weighted by atomic mass is 79.9. The average molecular weight is 177 g/mol. The molecule has 1 aliphatic heterocycles. The lowest BCUT2D eigenvalue weighted by molar-refractivity contribution is -0.0669. The third-order valence-electron chi connectivity index (χ3n) is 1.48. The predicted molar refractivity (Wildman–Crippen MR) is 37.2 cm³/mol. The van der Waals surface area contributed by atoms with Crippen molar-refractivity contribution < 1.29 is 4.74 Å². The van der Waals surface area contributed by atoms with E-state index in [0.717, 1.165) is 18.5 Å². The van der Waals surface area contributed by atoms with Gasteiger partial charge in [0.05, 0.1) is 13.2 Å². The molecule has 8 heavy (non-hydrogen) atoms. The van der Waals surface area contributed by atoms with Gasteiger partial charge in [0.1, 0.15) is 0 Å². The summed E-state index contributed by atoms with van der Waals surface area (Å²) >= 11 is 3.39. The molecule has 0 aromatic heterocycles. The van der Waals surface area contributed by atoms with Crippen LogP contribution in [-0.2, 0) is 4.74 Å². The summed E-state index contributed by atoms with van der Waals surface area (Å²) in [5.74, 6) is 0. The summed E-state index contributed by atoms with van der Waals surface area (Å²) in [7, 11) is 0. The van der Waals surface area contributed by atoms with Gasteiger partial charge in [0.25, 0.3) is 0 Å². The maximum absolute atomic E-state index is 5.02. The highest BCUT2D eigenvalue weighted by molar-refractivity contribution is 9.09. The summed E-state index contributed by atoms with van der Waals surface area (Å²) in [4.78, 5) is 0. The SMILES string of the molecule is C=CC1(CBr)COC1. The minimum atomic E-state index is 0.264. The van der Waals surface area contributed by atoms with Crippen LogP contribution in [0.4, 0.5) is 0 Å². The highest BCUT2D eigenvalue weighted by Crippen LogP contribution is 2.30.